The molecular formula is C15H21NO4S. The number of carbonyl (C=O) groups is 1. The second-order valence-corrected chi connectivity index (χ2v) is 7.78. The summed E-state index contributed by atoms with van der Waals surface area (Å²) in [7, 11) is 0.267. The van der Waals surface area contributed by atoms with Crippen molar-refractivity contribution in [2.45, 2.75) is 25.8 Å². The minimum atomic E-state index is -2.98. The summed E-state index contributed by atoms with van der Waals surface area (Å²) in [6.45, 7) is 1.96. The van der Waals surface area contributed by atoms with Crippen LogP contribution < -0.4 is 4.74 Å². The van der Waals surface area contributed by atoms with E-state index in [9.17, 15) is 13.2 Å². The van der Waals surface area contributed by atoms with Crippen molar-refractivity contribution in [1.29, 1.82) is 0 Å². The first-order chi connectivity index (χ1) is 9.82. The van der Waals surface area contributed by atoms with E-state index in [-0.39, 0.29) is 29.9 Å². The summed E-state index contributed by atoms with van der Waals surface area (Å²) in [5.74, 6) is 0.839. The van der Waals surface area contributed by atoms with E-state index in [1.54, 1.807) is 19.1 Å². The molecule has 1 heterocycles. The fourth-order valence-corrected chi connectivity index (χ4v) is 4.39. The lowest BCUT2D eigenvalue weighted by Crippen LogP contribution is -2.38. The molecule has 0 bridgehead atoms. The van der Waals surface area contributed by atoms with Crippen LogP contribution >= 0.6 is 0 Å². The second kappa shape index (κ2) is 6.05. The first-order valence-electron chi connectivity index (χ1n) is 6.92. The van der Waals surface area contributed by atoms with Crippen molar-refractivity contribution in [3.63, 3.8) is 0 Å². The average Bonchev–Trinajstić information content (AvgIpc) is 2.78. The van der Waals surface area contributed by atoms with Gasteiger partial charge in [-0.2, -0.15) is 0 Å². The van der Waals surface area contributed by atoms with E-state index in [1.807, 2.05) is 25.1 Å². The largest absolute Gasteiger partial charge is 0.496 e. The van der Waals surface area contributed by atoms with Crippen molar-refractivity contribution >= 4 is 15.7 Å². The van der Waals surface area contributed by atoms with Crippen molar-refractivity contribution < 1.29 is 17.9 Å². The highest BCUT2D eigenvalue weighted by atomic mass is 32.2. The molecule has 116 valence electrons. The predicted octanol–water partition coefficient (Wildman–Crippen LogP) is 1.19. The third kappa shape index (κ3) is 3.75. The molecule has 6 heteroatoms. The van der Waals surface area contributed by atoms with Crippen molar-refractivity contribution in [2.24, 2.45) is 0 Å². The smallest absolute Gasteiger partial charge is 0.227 e. The summed E-state index contributed by atoms with van der Waals surface area (Å²) in [6, 6.07) is 5.49. The Morgan fingerprint density at radius 2 is 2.14 bits per heavy atom. The van der Waals surface area contributed by atoms with Gasteiger partial charge in [-0.3, -0.25) is 4.79 Å². The summed E-state index contributed by atoms with van der Waals surface area (Å²) >= 11 is 0. The summed E-state index contributed by atoms with van der Waals surface area (Å²) in [5.41, 5.74) is 1.89. The van der Waals surface area contributed by atoms with Crippen LogP contribution in [0.2, 0.25) is 0 Å². The highest BCUT2D eigenvalue weighted by Gasteiger charge is 2.32. The number of carbonyl (C=O) groups excluding carboxylic acids is 1. The van der Waals surface area contributed by atoms with Crippen LogP contribution in [0.1, 0.15) is 17.5 Å². The summed E-state index contributed by atoms with van der Waals surface area (Å²) in [5, 5.41) is 0. The van der Waals surface area contributed by atoms with E-state index in [1.165, 1.54) is 0 Å². The fraction of sp³-hybridized carbons (Fsp3) is 0.533. The monoisotopic (exact) mass is 311 g/mol. The Morgan fingerprint density at radius 1 is 1.43 bits per heavy atom. The lowest BCUT2D eigenvalue weighted by atomic mass is 10.1. The first kappa shape index (κ1) is 15.8. The molecule has 0 N–H and O–H groups in total. The highest BCUT2D eigenvalue weighted by molar-refractivity contribution is 7.91. The van der Waals surface area contributed by atoms with Gasteiger partial charge in [0, 0.05) is 18.7 Å². The van der Waals surface area contributed by atoms with Crippen LogP contribution in [-0.2, 0) is 21.1 Å². The van der Waals surface area contributed by atoms with Crippen LogP contribution in [0.25, 0.3) is 0 Å². The van der Waals surface area contributed by atoms with Gasteiger partial charge in [0.25, 0.3) is 0 Å². The maximum atomic E-state index is 12.4. The molecule has 0 spiro atoms. The van der Waals surface area contributed by atoms with E-state index in [4.69, 9.17) is 4.74 Å². The number of likely N-dealkylation sites (N-methyl/N-ethyl adjacent to an activating group) is 1. The third-order valence-electron chi connectivity index (χ3n) is 3.93. The molecule has 0 radical (unpaired) electrons. The molecule has 1 saturated heterocycles. The normalized spacial score (nSPS) is 20.2. The number of aryl methyl sites for hydroxylation is 1. The maximum absolute atomic E-state index is 12.4. The number of ether oxygens (including phenoxy) is 1. The van der Waals surface area contributed by atoms with Crippen molar-refractivity contribution in [2.75, 3.05) is 25.7 Å². The Bertz CT molecular complexity index is 639. The van der Waals surface area contributed by atoms with Gasteiger partial charge in [0.1, 0.15) is 5.75 Å². The van der Waals surface area contributed by atoms with Gasteiger partial charge in [0.05, 0.1) is 25.0 Å². The van der Waals surface area contributed by atoms with Gasteiger partial charge in [-0.05, 0) is 19.4 Å². The molecular weight excluding hydrogens is 290 g/mol. The summed E-state index contributed by atoms with van der Waals surface area (Å²) < 4.78 is 28.3. The summed E-state index contributed by atoms with van der Waals surface area (Å²) in [4.78, 5) is 13.9. The van der Waals surface area contributed by atoms with Crippen molar-refractivity contribution in [3.05, 3.63) is 29.3 Å². The SMILES string of the molecule is COc1ccc(C)cc1CC(=O)N(C)[C@@H]1CCS(=O)(=O)C1. The molecule has 21 heavy (non-hydrogen) atoms. The zero-order valence-electron chi connectivity index (χ0n) is 12.6. The molecule has 1 aliphatic rings. The van der Waals surface area contributed by atoms with Crippen LogP contribution in [0, 0.1) is 6.92 Å². The van der Waals surface area contributed by atoms with Crippen molar-refractivity contribution in [1.82, 2.24) is 4.90 Å². The minimum absolute atomic E-state index is 0.0696. The molecule has 1 aliphatic heterocycles. The molecule has 1 aromatic rings. The van der Waals surface area contributed by atoms with Gasteiger partial charge in [-0.25, -0.2) is 8.42 Å². The maximum Gasteiger partial charge on any atom is 0.227 e. The molecule has 5 nitrogen and oxygen atoms in total. The molecule has 1 amide bonds. The second-order valence-electron chi connectivity index (χ2n) is 5.55. The van der Waals surface area contributed by atoms with Gasteiger partial charge in [0.15, 0.2) is 9.84 Å². The lowest BCUT2D eigenvalue weighted by molar-refractivity contribution is -0.130. The number of hydrogen-bond donors (Lipinski definition) is 0. The summed E-state index contributed by atoms with van der Waals surface area (Å²) in [6.07, 6.45) is 0.743. The zero-order chi connectivity index (χ0) is 15.6. The average molecular weight is 311 g/mol. The predicted molar refractivity (Wildman–Crippen MR) is 81.3 cm³/mol. The minimum Gasteiger partial charge on any atom is -0.496 e. The number of methoxy groups -OCH3 is 1. The molecule has 0 saturated carbocycles. The van der Waals surface area contributed by atoms with Crippen LogP contribution in [0.3, 0.4) is 0 Å². The quantitative estimate of drug-likeness (QED) is 0.838. The van der Waals surface area contributed by atoms with Gasteiger partial charge in [0.2, 0.25) is 5.91 Å². The van der Waals surface area contributed by atoms with Crippen LogP contribution in [-0.4, -0.2) is 50.9 Å². The Kier molecular flexibility index (Phi) is 4.56. The molecule has 0 unspecified atom stereocenters. The van der Waals surface area contributed by atoms with Gasteiger partial charge in [-0.15, -0.1) is 0 Å². The Hall–Kier alpha value is -1.56. The highest BCUT2D eigenvalue weighted by Crippen LogP contribution is 2.22. The lowest BCUT2D eigenvalue weighted by Gasteiger charge is -2.24. The van der Waals surface area contributed by atoms with E-state index in [0.717, 1.165) is 11.1 Å². The first-order valence-corrected chi connectivity index (χ1v) is 8.74. The van der Waals surface area contributed by atoms with Gasteiger partial charge < -0.3 is 9.64 Å². The fourth-order valence-electron chi connectivity index (χ4n) is 2.62. The molecule has 0 aromatic heterocycles. The molecule has 1 fully saturated rings. The van der Waals surface area contributed by atoms with Gasteiger partial charge in [-0.1, -0.05) is 17.7 Å². The molecule has 0 aliphatic carbocycles. The number of amides is 1. The third-order valence-corrected chi connectivity index (χ3v) is 5.68. The van der Waals surface area contributed by atoms with Gasteiger partial charge >= 0.3 is 0 Å². The topological polar surface area (TPSA) is 63.7 Å². The zero-order valence-corrected chi connectivity index (χ0v) is 13.4. The number of rotatable bonds is 4. The van der Waals surface area contributed by atoms with Crippen LogP contribution in [0.4, 0.5) is 0 Å². The number of nitrogens with zero attached hydrogens (tertiary/aromatic N) is 1. The van der Waals surface area contributed by atoms with Crippen LogP contribution in [0.5, 0.6) is 5.75 Å². The molecule has 2 rings (SSSR count). The van der Waals surface area contributed by atoms with Crippen LogP contribution in [0.15, 0.2) is 18.2 Å². The number of hydrogen-bond acceptors (Lipinski definition) is 4. The standard InChI is InChI=1S/C15H21NO4S/c1-11-4-5-14(20-3)12(8-11)9-15(17)16(2)13-6-7-21(18,19)10-13/h4-5,8,13H,6-7,9-10H2,1-3H3/t13-/m1/s1. The number of sulfone groups is 1. The Labute approximate surface area is 125 Å². The Morgan fingerprint density at radius 3 is 2.71 bits per heavy atom. The molecule has 1 aromatic carbocycles. The molecule has 1 atom stereocenters. The van der Waals surface area contributed by atoms with E-state index in [2.05, 4.69) is 0 Å². The van der Waals surface area contributed by atoms with E-state index < -0.39 is 9.84 Å². The van der Waals surface area contributed by atoms with E-state index >= 15 is 0 Å². The number of benzene rings is 1. The van der Waals surface area contributed by atoms with E-state index in [0.29, 0.717) is 12.2 Å². The Balaban J connectivity index is 2.09. The van der Waals surface area contributed by atoms with Crippen molar-refractivity contribution in [3.8, 4) is 5.75 Å².